The van der Waals surface area contributed by atoms with Gasteiger partial charge in [-0.2, -0.15) is 0 Å². The third-order valence-electron chi connectivity index (χ3n) is 6.89. The van der Waals surface area contributed by atoms with E-state index in [1.807, 2.05) is 50.2 Å². The van der Waals surface area contributed by atoms with Crippen molar-refractivity contribution in [1.29, 1.82) is 0 Å². The van der Waals surface area contributed by atoms with E-state index in [9.17, 15) is 9.59 Å². The summed E-state index contributed by atoms with van der Waals surface area (Å²) in [5, 5.41) is 0.508. The van der Waals surface area contributed by atoms with Gasteiger partial charge >= 0.3 is 0 Å². The van der Waals surface area contributed by atoms with Crippen molar-refractivity contribution in [3.63, 3.8) is 0 Å². The molecule has 6 heteroatoms. The molecule has 0 N–H and O–H groups in total. The molecule has 1 atom stereocenters. The van der Waals surface area contributed by atoms with Crippen LogP contribution in [0.15, 0.2) is 58.3 Å². The van der Waals surface area contributed by atoms with E-state index in [4.69, 9.17) is 9.15 Å². The molecule has 6 nitrogen and oxygen atoms in total. The minimum absolute atomic E-state index is 0.147. The Balaban J connectivity index is 1.82. The van der Waals surface area contributed by atoms with Crippen LogP contribution >= 0.6 is 0 Å². The van der Waals surface area contributed by atoms with Crippen molar-refractivity contribution in [3.05, 3.63) is 87.3 Å². The van der Waals surface area contributed by atoms with Crippen LogP contribution in [0.1, 0.15) is 59.1 Å². The van der Waals surface area contributed by atoms with E-state index in [0.29, 0.717) is 35.4 Å². The fraction of sp³-hybridized carbons (Fsp3) is 0.379. The lowest BCUT2D eigenvalue weighted by Gasteiger charge is -2.27. The Bertz CT molecular complexity index is 1310. The van der Waals surface area contributed by atoms with Gasteiger partial charge in [0.2, 0.25) is 5.76 Å². The molecule has 0 spiro atoms. The van der Waals surface area contributed by atoms with E-state index in [1.165, 1.54) is 0 Å². The van der Waals surface area contributed by atoms with Gasteiger partial charge in [-0.1, -0.05) is 38.6 Å². The van der Waals surface area contributed by atoms with E-state index in [1.54, 1.807) is 11.0 Å². The molecular formula is C29H34N2O4. The molecule has 0 fully saturated rings. The maximum atomic E-state index is 13.8. The van der Waals surface area contributed by atoms with Crippen molar-refractivity contribution in [2.75, 3.05) is 32.8 Å². The predicted octanol–water partition coefficient (Wildman–Crippen LogP) is 5.25. The Labute approximate surface area is 206 Å². The number of nitrogens with zero attached hydrogens (tertiary/aromatic N) is 2. The Morgan fingerprint density at radius 3 is 2.57 bits per heavy atom. The summed E-state index contributed by atoms with van der Waals surface area (Å²) in [6, 6.07) is 10.8. The molecule has 1 aromatic heterocycles. The Morgan fingerprint density at radius 2 is 1.86 bits per heavy atom. The quantitative estimate of drug-likeness (QED) is 0.376. The molecular weight excluding hydrogens is 440 g/mol. The van der Waals surface area contributed by atoms with Crippen molar-refractivity contribution in [2.24, 2.45) is 0 Å². The van der Waals surface area contributed by atoms with Gasteiger partial charge in [0.15, 0.2) is 5.43 Å². The average Bonchev–Trinajstić information content (AvgIpc) is 3.14. The third kappa shape index (κ3) is 4.76. The Hall–Kier alpha value is -3.38. The number of fused-ring (bicyclic) bond motifs is 2. The number of amides is 1. The molecule has 184 valence electrons. The van der Waals surface area contributed by atoms with Crippen molar-refractivity contribution in [2.45, 2.75) is 40.2 Å². The molecule has 35 heavy (non-hydrogen) atoms. The number of rotatable bonds is 10. The van der Waals surface area contributed by atoms with Crippen LogP contribution in [0.25, 0.3) is 11.0 Å². The summed E-state index contributed by atoms with van der Waals surface area (Å²) < 4.78 is 11.9. The normalized spacial score (nSPS) is 15.2. The smallest absolute Gasteiger partial charge is 0.290 e. The van der Waals surface area contributed by atoms with Crippen molar-refractivity contribution >= 4 is 16.9 Å². The van der Waals surface area contributed by atoms with Gasteiger partial charge in [0.25, 0.3) is 5.91 Å². The first kappa shape index (κ1) is 24.7. The van der Waals surface area contributed by atoms with Crippen molar-refractivity contribution < 1.29 is 13.9 Å². The molecule has 0 radical (unpaired) electrons. The second kappa shape index (κ2) is 10.5. The first-order valence-electron chi connectivity index (χ1n) is 12.3. The minimum atomic E-state index is -0.524. The second-order valence-corrected chi connectivity index (χ2v) is 9.06. The number of benzene rings is 2. The topological polar surface area (TPSA) is 63.0 Å². The summed E-state index contributed by atoms with van der Waals surface area (Å²) in [6.07, 6.45) is 2.49. The van der Waals surface area contributed by atoms with E-state index in [-0.39, 0.29) is 17.1 Å². The third-order valence-corrected chi connectivity index (χ3v) is 6.89. The summed E-state index contributed by atoms with van der Waals surface area (Å²) in [6.45, 7) is 15.6. The fourth-order valence-electron chi connectivity index (χ4n) is 4.79. The minimum Gasteiger partial charge on any atom is -0.490 e. The van der Waals surface area contributed by atoms with Gasteiger partial charge in [-0.25, -0.2) is 0 Å². The van der Waals surface area contributed by atoms with Gasteiger partial charge in [-0.3, -0.25) is 9.59 Å². The van der Waals surface area contributed by atoms with Crippen LogP contribution in [0.3, 0.4) is 0 Å². The summed E-state index contributed by atoms with van der Waals surface area (Å²) in [5.41, 5.74) is 3.59. The van der Waals surface area contributed by atoms with Crippen LogP contribution in [0.2, 0.25) is 0 Å². The molecule has 1 aliphatic rings. The maximum Gasteiger partial charge on any atom is 0.290 e. The lowest BCUT2D eigenvalue weighted by molar-refractivity contribution is 0.0720. The van der Waals surface area contributed by atoms with Gasteiger partial charge in [0.1, 0.15) is 17.9 Å². The summed E-state index contributed by atoms with van der Waals surface area (Å²) in [7, 11) is 0. The highest BCUT2D eigenvalue weighted by Crippen LogP contribution is 2.39. The first-order valence-corrected chi connectivity index (χ1v) is 12.3. The Kier molecular flexibility index (Phi) is 7.41. The standard InChI is InChI=1S/C29H34N2O4/c1-6-15-34-22-12-9-11-21(18-22)26-25-27(32)23-16-19(4)20(5)17-24(23)35-28(25)29(33)31(26)14-10-13-30(7-2)8-3/h6,9,11-12,16-18,26H,1,7-8,10,13-15H2,2-5H3. The second-order valence-electron chi connectivity index (χ2n) is 9.06. The maximum absolute atomic E-state index is 13.8. The molecule has 0 bridgehead atoms. The summed E-state index contributed by atoms with van der Waals surface area (Å²) in [4.78, 5) is 31.5. The number of hydrogen-bond donors (Lipinski definition) is 0. The predicted molar refractivity (Wildman–Crippen MR) is 139 cm³/mol. The van der Waals surface area contributed by atoms with Crippen molar-refractivity contribution in [3.8, 4) is 5.75 Å². The van der Waals surface area contributed by atoms with E-state index in [0.717, 1.165) is 42.7 Å². The Morgan fingerprint density at radius 1 is 1.11 bits per heavy atom. The van der Waals surface area contributed by atoms with E-state index < -0.39 is 6.04 Å². The fourth-order valence-corrected chi connectivity index (χ4v) is 4.79. The number of carbonyl (C=O) groups excluding carboxylic acids is 1. The van der Waals surface area contributed by atoms with Gasteiger partial charge in [-0.15, -0.1) is 0 Å². The van der Waals surface area contributed by atoms with Crippen LogP contribution < -0.4 is 10.2 Å². The van der Waals surface area contributed by atoms with Crippen LogP contribution in [-0.2, 0) is 0 Å². The number of carbonyl (C=O) groups is 1. The lowest BCUT2D eigenvalue weighted by atomic mass is 9.97. The van der Waals surface area contributed by atoms with Gasteiger partial charge in [0, 0.05) is 6.54 Å². The molecule has 1 aliphatic heterocycles. The van der Waals surface area contributed by atoms with Crippen LogP contribution in [0.4, 0.5) is 0 Å². The van der Waals surface area contributed by atoms with Crippen LogP contribution in [0.5, 0.6) is 5.75 Å². The molecule has 4 rings (SSSR count). The van der Waals surface area contributed by atoms with E-state index in [2.05, 4.69) is 25.3 Å². The largest absolute Gasteiger partial charge is 0.490 e. The van der Waals surface area contributed by atoms with E-state index >= 15 is 0 Å². The molecule has 2 heterocycles. The molecule has 2 aromatic carbocycles. The molecule has 1 amide bonds. The SMILES string of the molecule is C=CCOc1cccc(C2c3c(oc4cc(C)c(C)cc4c3=O)C(=O)N2CCCN(CC)CC)c1. The highest BCUT2D eigenvalue weighted by molar-refractivity contribution is 5.99. The summed E-state index contributed by atoms with van der Waals surface area (Å²) >= 11 is 0. The average molecular weight is 475 g/mol. The summed E-state index contributed by atoms with van der Waals surface area (Å²) in [5.74, 6) is 0.582. The van der Waals surface area contributed by atoms with Gasteiger partial charge in [-0.05, 0) is 80.9 Å². The molecule has 0 saturated heterocycles. The van der Waals surface area contributed by atoms with Gasteiger partial charge < -0.3 is 19.0 Å². The lowest BCUT2D eigenvalue weighted by Crippen LogP contribution is -2.33. The highest BCUT2D eigenvalue weighted by atomic mass is 16.5. The zero-order chi connectivity index (χ0) is 25.1. The highest BCUT2D eigenvalue weighted by Gasteiger charge is 2.42. The van der Waals surface area contributed by atoms with Crippen LogP contribution in [-0.4, -0.2) is 48.5 Å². The zero-order valence-corrected chi connectivity index (χ0v) is 21.1. The zero-order valence-electron chi connectivity index (χ0n) is 21.1. The molecule has 3 aromatic rings. The van der Waals surface area contributed by atoms with Crippen LogP contribution in [0, 0.1) is 13.8 Å². The number of hydrogen-bond acceptors (Lipinski definition) is 5. The molecule has 0 saturated carbocycles. The molecule has 0 aliphatic carbocycles. The monoisotopic (exact) mass is 474 g/mol. The first-order chi connectivity index (χ1) is 16.9. The van der Waals surface area contributed by atoms with Crippen molar-refractivity contribution in [1.82, 2.24) is 9.80 Å². The molecule has 1 unspecified atom stereocenters. The number of aryl methyl sites for hydroxylation is 2. The van der Waals surface area contributed by atoms with Gasteiger partial charge in [0.05, 0.1) is 17.0 Å². The number of ether oxygens (including phenoxy) is 1.